The topological polar surface area (TPSA) is 165 Å². The molecule has 1 unspecified atom stereocenters. The molecule has 4 aliphatic heterocycles. The molecule has 4 aromatic rings. The Labute approximate surface area is 416 Å². The van der Waals surface area contributed by atoms with Crippen molar-refractivity contribution in [2.45, 2.75) is 116 Å². The third kappa shape index (κ3) is 10.8. The van der Waals surface area contributed by atoms with E-state index >= 15 is 0 Å². The average Bonchev–Trinajstić information content (AvgIpc) is 3.93. The molecule has 3 fully saturated rings. The number of ether oxygens (including phenoxy) is 4. The van der Waals surface area contributed by atoms with Crippen LogP contribution in [0.2, 0.25) is 0 Å². The summed E-state index contributed by atoms with van der Waals surface area (Å²) < 4.78 is 27.4. The molecule has 0 radical (unpaired) electrons. The molecule has 2 N–H and O–H groups in total. The number of pyridine rings is 2. The van der Waals surface area contributed by atoms with Crippen molar-refractivity contribution in [3.63, 3.8) is 0 Å². The van der Waals surface area contributed by atoms with Gasteiger partial charge in [-0.05, 0) is 102 Å². The van der Waals surface area contributed by atoms with Gasteiger partial charge in [0.15, 0.2) is 0 Å². The van der Waals surface area contributed by atoms with Crippen LogP contribution in [-0.2, 0) is 46.3 Å². The number of carbonyl (C=O) groups excluding carboxylic acids is 3. The minimum absolute atomic E-state index is 0.0369. The minimum Gasteiger partial charge on any atom is -0.464 e. The van der Waals surface area contributed by atoms with Crippen molar-refractivity contribution in [1.82, 2.24) is 35.2 Å². The molecule has 9 rings (SSSR count). The Hall–Kier alpha value is -4.91. The van der Waals surface area contributed by atoms with Crippen molar-refractivity contribution in [1.29, 1.82) is 0 Å². The van der Waals surface area contributed by atoms with Crippen molar-refractivity contribution in [2.75, 3.05) is 77.4 Å². The average molecular weight is 978 g/mol. The van der Waals surface area contributed by atoms with Gasteiger partial charge in [0.1, 0.15) is 23.2 Å². The molecule has 3 aromatic heterocycles. The first kappa shape index (κ1) is 50.0. The number of nitrogens with one attached hydrogen (secondary N) is 2. The van der Waals surface area contributed by atoms with Crippen LogP contribution in [0.5, 0.6) is 0 Å². The monoisotopic (exact) mass is 978 g/mol. The van der Waals surface area contributed by atoms with E-state index < -0.39 is 29.6 Å². The van der Waals surface area contributed by atoms with Crippen LogP contribution in [0.1, 0.15) is 101 Å². The fraction of sp³-hybridized carbons (Fsp3) is 0.585. The quantitative estimate of drug-likeness (QED) is 0.140. The van der Waals surface area contributed by atoms with E-state index in [0.29, 0.717) is 56.2 Å². The van der Waals surface area contributed by atoms with E-state index in [2.05, 4.69) is 89.1 Å². The second kappa shape index (κ2) is 21.4. The van der Waals surface area contributed by atoms with Gasteiger partial charge in [-0.3, -0.25) is 34.4 Å². The summed E-state index contributed by atoms with van der Waals surface area (Å²) in [6, 6.07) is 12.5. The maximum absolute atomic E-state index is 14.9. The highest BCUT2D eigenvalue weighted by Gasteiger charge is 2.48. The van der Waals surface area contributed by atoms with Gasteiger partial charge >= 0.3 is 5.97 Å². The highest BCUT2D eigenvalue weighted by molar-refractivity contribution is 8.14. The zero-order chi connectivity index (χ0) is 49.3. The molecule has 6 bridgehead atoms. The summed E-state index contributed by atoms with van der Waals surface area (Å²) in [4.78, 5) is 63.0. The van der Waals surface area contributed by atoms with Crippen LogP contribution in [0.15, 0.2) is 59.9 Å². The molecule has 17 heteroatoms. The molecule has 2 amide bonds. The number of likely N-dealkylation sites (N-methyl/N-ethyl adjacent to an activating group) is 1. The van der Waals surface area contributed by atoms with E-state index in [-0.39, 0.29) is 55.1 Å². The van der Waals surface area contributed by atoms with Gasteiger partial charge < -0.3 is 38.6 Å². The molecule has 7 atom stereocenters. The van der Waals surface area contributed by atoms with E-state index in [0.717, 1.165) is 76.5 Å². The van der Waals surface area contributed by atoms with E-state index in [1.807, 2.05) is 38.2 Å². The Bertz CT molecular complexity index is 2560. The molecule has 70 heavy (non-hydrogen) atoms. The number of esters is 1. The highest BCUT2D eigenvalue weighted by Crippen LogP contribution is 2.47. The maximum atomic E-state index is 14.9. The van der Waals surface area contributed by atoms with Crippen LogP contribution < -0.4 is 15.6 Å². The van der Waals surface area contributed by atoms with Gasteiger partial charge in [-0.2, -0.15) is 0 Å². The van der Waals surface area contributed by atoms with E-state index in [9.17, 15) is 14.4 Å². The lowest BCUT2D eigenvalue weighted by Gasteiger charge is -2.37. The van der Waals surface area contributed by atoms with Gasteiger partial charge in [0.05, 0.1) is 54.7 Å². The first-order chi connectivity index (χ1) is 33.7. The SMILES string of the molecule is CCO[C@@H]1C2=NC(CS2)c2ccc3c(c2)c(c(-c2cc(N4CCN(C)CC4)cnc2[C@H](C)OC)n3CCOC(C)C)CC(C)(C)COC(=O)[C@@H]2CCCN(N2)C(=O)[C@H]1NC(=O)[C@@H]1C[C@H]1c1ccccn1. The molecule has 7 heterocycles. The van der Waals surface area contributed by atoms with Gasteiger partial charge in [0, 0.05) is 104 Å². The van der Waals surface area contributed by atoms with Crippen LogP contribution in [0.25, 0.3) is 22.2 Å². The smallest absolute Gasteiger partial charge is 0.324 e. The standard InChI is InChI=1S/C53H71N9O7S/c1-9-67-48-46(57-49(63)38-27-36(38)41-13-10-11-17-54-41)51(64)62-18-12-14-42(58-62)52(65)69-31-53(5,6)28-40-37-25-34(43-30-70-50(48)56-43)15-16-44(37)61(23-24-68-32(2)3)47(40)39-26-35(29-55-45(39)33(4)66-8)60-21-19-59(7)20-22-60/h10-11,13,15-17,25-26,29,32-33,36,38,42-43,46,48,58H,9,12,14,18-24,27-28,30-31H2,1-8H3,(H,57,63)/t33-,36+,38+,42-,43?,46-,48-/m0/s1. The minimum atomic E-state index is -1.11. The Morgan fingerprint density at radius 2 is 1.87 bits per heavy atom. The number of aliphatic imine (C=N–C) groups is 1. The van der Waals surface area contributed by atoms with E-state index in [1.54, 1.807) is 25.1 Å². The molecule has 1 aliphatic carbocycles. The second-order valence-electron chi connectivity index (χ2n) is 20.6. The Morgan fingerprint density at radius 1 is 1.06 bits per heavy atom. The summed E-state index contributed by atoms with van der Waals surface area (Å²) in [6.45, 7) is 17.9. The zero-order valence-electron chi connectivity index (χ0n) is 42.1. The first-order valence-corrected chi connectivity index (χ1v) is 26.2. The van der Waals surface area contributed by atoms with Crippen molar-refractivity contribution in [2.24, 2.45) is 16.3 Å². The number of fused-ring (bicyclic) bond motifs is 5. The number of hydrazine groups is 1. The fourth-order valence-electron chi connectivity index (χ4n) is 10.4. The largest absolute Gasteiger partial charge is 0.464 e. The Balaban J connectivity index is 1.18. The fourth-order valence-corrected chi connectivity index (χ4v) is 11.6. The number of piperazine rings is 1. The lowest BCUT2D eigenvalue weighted by atomic mass is 9.84. The molecular weight excluding hydrogens is 907 g/mol. The molecular formula is C53H71N9O7S. The summed E-state index contributed by atoms with van der Waals surface area (Å²) >= 11 is 1.56. The number of benzene rings is 1. The van der Waals surface area contributed by atoms with Gasteiger partial charge in [-0.15, -0.1) is 11.8 Å². The normalized spacial score (nSPS) is 25.7. The number of thioether (sulfide) groups is 1. The number of nitrogens with zero attached hydrogens (tertiary/aromatic N) is 7. The molecule has 376 valence electrons. The number of aromatic nitrogens is 3. The van der Waals surface area contributed by atoms with Crippen LogP contribution in [0, 0.1) is 11.3 Å². The van der Waals surface area contributed by atoms with Crippen molar-refractivity contribution in [3.05, 3.63) is 77.4 Å². The van der Waals surface area contributed by atoms with E-state index in [4.69, 9.17) is 28.9 Å². The number of anilines is 1. The predicted octanol–water partition coefficient (Wildman–Crippen LogP) is 6.48. The number of cyclic esters (lactones) is 1. The van der Waals surface area contributed by atoms with Gasteiger partial charge in [-0.25, -0.2) is 5.43 Å². The Morgan fingerprint density at radius 3 is 2.61 bits per heavy atom. The number of rotatable bonds is 13. The first-order valence-electron chi connectivity index (χ1n) is 25.2. The van der Waals surface area contributed by atoms with Crippen LogP contribution in [0.4, 0.5) is 5.69 Å². The number of methoxy groups -OCH3 is 1. The summed E-state index contributed by atoms with van der Waals surface area (Å²) in [5.41, 5.74) is 10.7. The van der Waals surface area contributed by atoms with Gasteiger partial charge in [0.25, 0.3) is 5.91 Å². The third-order valence-corrected chi connectivity index (χ3v) is 15.5. The lowest BCUT2D eigenvalue weighted by molar-refractivity contribution is -0.156. The number of hydrogen-bond donors (Lipinski definition) is 2. The molecule has 1 saturated carbocycles. The highest BCUT2D eigenvalue weighted by atomic mass is 32.2. The summed E-state index contributed by atoms with van der Waals surface area (Å²) in [5.74, 6) is -0.801. The van der Waals surface area contributed by atoms with Crippen molar-refractivity contribution in [3.8, 4) is 11.3 Å². The summed E-state index contributed by atoms with van der Waals surface area (Å²) in [6.07, 6.45) is 4.86. The number of hydrogen-bond acceptors (Lipinski definition) is 14. The van der Waals surface area contributed by atoms with Crippen LogP contribution >= 0.6 is 11.8 Å². The Kier molecular flexibility index (Phi) is 15.3. The van der Waals surface area contributed by atoms with Crippen LogP contribution in [0.3, 0.4) is 0 Å². The van der Waals surface area contributed by atoms with E-state index in [1.165, 1.54) is 5.01 Å². The molecule has 0 spiro atoms. The zero-order valence-corrected chi connectivity index (χ0v) is 42.9. The second-order valence-corrected chi connectivity index (χ2v) is 21.6. The number of amides is 2. The van der Waals surface area contributed by atoms with Crippen molar-refractivity contribution < 1.29 is 33.3 Å². The summed E-state index contributed by atoms with van der Waals surface area (Å²) in [5, 5.41) is 6.33. The molecule has 1 aromatic carbocycles. The third-order valence-electron chi connectivity index (χ3n) is 14.4. The van der Waals surface area contributed by atoms with Gasteiger partial charge in [-0.1, -0.05) is 26.0 Å². The number of carbonyl (C=O) groups is 3. The molecule has 5 aliphatic rings. The summed E-state index contributed by atoms with van der Waals surface area (Å²) in [7, 11) is 3.89. The lowest BCUT2D eigenvalue weighted by Crippen LogP contribution is -2.63. The van der Waals surface area contributed by atoms with Crippen LogP contribution in [-0.4, -0.2) is 144 Å². The molecule has 2 saturated heterocycles. The van der Waals surface area contributed by atoms with Crippen molar-refractivity contribution >= 4 is 51.2 Å². The predicted molar refractivity (Wildman–Crippen MR) is 273 cm³/mol. The van der Waals surface area contributed by atoms with Gasteiger partial charge in [0.2, 0.25) is 5.91 Å². The molecule has 16 nitrogen and oxygen atoms in total. The maximum Gasteiger partial charge on any atom is 0.324 e.